The molecular formula is C13H12O3S. The first-order chi connectivity index (χ1) is 8.15. The number of hydrogen-bond acceptors (Lipinski definition) is 4. The summed E-state index contributed by atoms with van der Waals surface area (Å²) in [7, 11) is 0. The zero-order chi connectivity index (χ0) is 12.4. The van der Waals surface area contributed by atoms with Crippen molar-refractivity contribution in [2.24, 2.45) is 0 Å². The van der Waals surface area contributed by atoms with E-state index in [9.17, 15) is 14.7 Å². The highest BCUT2D eigenvalue weighted by Crippen LogP contribution is 2.30. The topological polar surface area (TPSA) is 54.4 Å². The number of Topliss-reactive ketones (excluding diaryl/α,β-unsaturated/α-hetero) is 2. The van der Waals surface area contributed by atoms with Gasteiger partial charge >= 0.3 is 0 Å². The molecule has 1 atom stereocenters. The van der Waals surface area contributed by atoms with E-state index in [2.05, 4.69) is 0 Å². The van der Waals surface area contributed by atoms with Gasteiger partial charge < -0.3 is 5.11 Å². The predicted molar refractivity (Wildman–Crippen MR) is 67.9 cm³/mol. The molecule has 0 heterocycles. The minimum atomic E-state index is -0.344. The third kappa shape index (κ3) is 2.13. The van der Waals surface area contributed by atoms with E-state index in [1.165, 1.54) is 11.8 Å². The van der Waals surface area contributed by atoms with E-state index in [-0.39, 0.29) is 34.6 Å². The lowest BCUT2D eigenvalue weighted by atomic mass is 10.1. The minimum Gasteiger partial charge on any atom is -0.506 e. The Morgan fingerprint density at radius 1 is 1.29 bits per heavy atom. The van der Waals surface area contributed by atoms with Crippen LogP contribution in [0.15, 0.2) is 35.9 Å². The number of rotatable bonds is 2. The highest BCUT2D eigenvalue weighted by Gasteiger charge is 2.38. The first-order valence-corrected chi connectivity index (χ1v) is 6.52. The third-order valence-corrected chi connectivity index (χ3v) is 3.71. The summed E-state index contributed by atoms with van der Waals surface area (Å²) in [6.07, 6.45) is 1.98. The van der Waals surface area contributed by atoms with Gasteiger partial charge in [0.2, 0.25) is 0 Å². The standard InChI is InChI=1S/C13H12O3S/c1-17-10-7-9(14)11(13(10)16)12(15)8-5-3-2-4-6-8/h2-6,10,15H,7H2,1H3/b12-11+. The summed E-state index contributed by atoms with van der Waals surface area (Å²) in [5.74, 6) is -0.725. The lowest BCUT2D eigenvalue weighted by Crippen LogP contribution is -2.10. The first kappa shape index (κ1) is 11.9. The van der Waals surface area contributed by atoms with Gasteiger partial charge in [0.05, 0.1) is 5.25 Å². The van der Waals surface area contributed by atoms with Crippen molar-refractivity contribution >= 4 is 29.1 Å². The molecule has 1 N–H and O–H groups in total. The molecule has 0 radical (unpaired) electrons. The summed E-state index contributed by atoms with van der Waals surface area (Å²) < 4.78 is 0. The van der Waals surface area contributed by atoms with Gasteiger partial charge in [-0.25, -0.2) is 0 Å². The number of benzene rings is 1. The maximum atomic E-state index is 11.9. The van der Waals surface area contributed by atoms with Gasteiger partial charge in [-0.3, -0.25) is 9.59 Å². The Morgan fingerprint density at radius 2 is 1.94 bits per heavy atom. The van der Waals surface area contributed by atoms with Crippen LogP contribution in [0.3, 0.4) is 0 Å². The van der Waals surface area contributed by atoms with Crippen LogP contribution in [-0.4, -0.2) is 28.2 Å². The van der Waals surface area contributed by atoms with E-state index in [0.29, 0.717) is 5.56 Å². The number of thioether (sulfide) groups is 1. The van der Waals surface area contributed by atoms with Crippen molar-refractivity contribution in [3.8, 4) is 0 Å². The van der Waals surface area contributed by atoms with Crippen LogP contribution < -0.4 is 0 Å². The number of aliphatic hydroxyl groups is 1. The molecule has 1 saturated carbocycles. The van der Waals surface area contributed by atoms with Crippen LogP contribution in [0.4, 0.5) is 0 Å². The molecule has 0 bridgehead atoms. The lowest BCUT2D eigenvalue weighted by Gasteiger charge is -2.03. The molecule has 1 aromatic carbocycles. The van der Waals surface area contributed by atoms with Gasteiger partial charge in [0, 0.05) is 12.0 Å². The maximum absolute atomic E-state index is 11.9. The number of hydrogen-bond donors (Lipinski definition) is 1. The second kappa shape index (κ2) is 4.75. The van der Waals surface area contributed by atoms with Gasteiger partial charge in [-0.1, -0.05) is 30.3 Å². The van der Waals surface area contributed by atoms with Crippen LogP contribution in [0.2, 0.25) is 0 Å². The van der Waals surface area contributed by atoms with Gasteiger partial charge in [0.25, 0.3) is 0 Å². The fourth-order valence-corrected chi connectivity index (χ4v) is 2.49. The van der Waals surface area contributed by atoms with Gasteiger partial charge in [-0.05, 0) is 6.26 Å². The highest BCUT2D eigenvalue weighted by molar-refractivity contribution is 8.00. The van der Waals surface area contributed by atoms with Crippen molar-refractivity contribution in [3.05, 3.63) is 41.5 Å². The number of aliphatic hydroxyl groups excluding tert-OH is 1. The van der Waals surface area contributed by atoms with Crippen LogP contribution in [0.25, 0.3) is 5.76 Å². The average molecular weight is 248 g/mol. The van der Waals surface area contributed by atoms with E-state index < -0.39 is 0 Å². The van der Waals surface area contributed by atoms with Crippen LogP contribution in [-0.2, 0) is 9.59 Å². The lowest BCUT2D eigenvalue weighted by molar-refractivity contribution is -0.116. The molecule has 0 aliphatic heterocycles. The normalized spacial score (nSPS) is 23.0. The third-order valence-electron chi connectivity index (χ3n) is 2.76. The maximum Gasteiger partial charge on any atom is 0.183 e. The molecule has 0 spiro atoms. The summed E-state index contributed by atoms with van der Waals surface area (Å²) in [5, 5.41) is 9.66. The summed E-state index contributed by atoms with van der Waals surface area (Å²) >= 11 is 1.34. The van der Waals surface area contributed by atoms with Crippen molar-refractivity contribution in [1.29, 1.82) is 0 Å². The van der Waals surface area contributed by atoms with Crippen LogP contribution in [0, 0.1) is 0 Å². The van der Waals surface area contributed by atoms with Crippen molar-refractivity contribution < 1.29 is 14.7 Å². The van der Waals surface area contributed by atoms with Crippen molar-refractivity contribution in [2.45, 2.75) is 11.7 Å². The Kier molecular flexibility index (Phi) is 3.33. The summed E-state index contributed by atoms with van der Waals surface area (Å²) in [6, 6.07) is 8.67. The number of ketones is 2. The summed E-state index contributed by atoms with van der Waals surface area (Å²) in [4.78, 5) is 23.6. The van der Waals surface area contributed by atoms with E-state index in [0.717, 1.165) is 0 Å². The SMILES string of the molecule is CSC1CC(=O)/C(=C(\O)c2ccccc2)C1=O. The molecule has 1 aliphatic carbocycles. The van der Waals surface area contributed by atoms with E-state index >= 15 is 0 Å². The molecule has 88 valence electrons. The van der Waals surface area contributed by atoms with E-state index in [1.54, 1.807) is 30.5 Å². The van der Waals surface area contributed by atoms with Crippen LogP contribution in [0.5, 0.6) is 0 Å². The summed E-state index contributed by atoms with van der Waals surface area (Å²) in [5.41, 5.74) is 0.460. The molecule has 4 heteroatoms. The zero-order valence-electron chi connectivity index (χ0n) is 9.34. The fourth-order valence-electron chi connectivity index (χ4n) is 1.84. The number of allylic oxidation sites excluding steroid dienone is 1. The monoisotopic (exact) mass is 248 g/mol. The molecule has 2 rings (SSSR count). The molecule has 0 saturated heterocycles. The van der Waals surface area contributed by atoms with Gasteiger partial charge in [0.1, 0.15) is 11.3 Å². The Labute approximate surface area is 104 Å². The number of carbonyl (C=O) groups is 2. The van der Waals surface area contributed by atoms with E-state index in [1.807, 2.05) is 6.07 Å². The van der Waals surface area contributed by atoms with Crippen LogP contribution >= 0.6 is 11.8 Å². The van der Waals surface area contributed by atoms with Crippen molar-refractivity contribution in [2.75, 3.05) is 6.26 Å². The Hall–Kier alpha value is -1.55. The van der Waals surface area contributed by atoms with Crippen molar-refractivity contribution in [1.82, 2.24) is 0 Å². The first-order valence-electron chi connectivity index (χ1n) is 5.24. The molecule has 1 fully saturated rings. The Balaban J connectivity index is 2.45. The summed E-state index contributed by atoms with van der Waals surface area (Å²) in [6.45, 7) is 0. The fraction of sp³-hybridized carbons (Fsp3) is 0.231. The largest absolute Gasteiger partial charge is 0.506 e. The zero-order valence-corrected chi connectivity index (χ0v) is 10.2. The molecule has 0 amide bonds. The molecule has 1 unspecified atom stereocenters. The Morgan fingerprint density at radius 3 is 2.47 bits per heavy atom. The molecular weight excluding hydrogens is 236 g/mol. The number of carbonyl (C=O) groups excluding carboxylic acids is 2. The van der Waals surface area contributed by atoms with Gasteiger partial charge in [0.15, 0.2) is 11.6 Å². The van der Waals surface area contributed by atoms with Crippen LogP contribution in [0.1, 0.15) is 12.0 Å². The second-order valence-corrected chi connectivity index (χ2v) is 4.85. The quantitative estimate of drug-likeness (QED) is 0.495. The molecule has 0 aromatic heterocycles. The Bertz CT molecular complexity index is 491. The smallest absolute Gasteiger partial charge is 0.183 e. The van der Waals surface area contributed by atoms with E-state index in [4.69, 9.17) is 0 Å². The minimum absolute atomic E-state index is 0.0458. The average Bonchev–Trinajstić information content (AvgIpc) is 2.64. The van der Waals surface area contributed by atoms with Crippen molar-refractivity contribution in [3.63, 3.8) is 0 Å². The molecule has 17 heavy (non-hydrogen) atoms. The second-order valence-electron chi connectivity index (χ2n) is 3.81. The molecule has 1 aliphatic rings. The van der Waals surface area contributed by atoms with Gasteiger partial charge in [-0.2, -0.15) is 11.8 Å². The molecule has 1 aromatic rings. The highest BCUT2D eigenvalue weighted by atomic mass is 32.2. The van der Waals surface area contributed by atoms with Gasteiger partial charge in [-0.15, -0.1) is 0 Å². The predicted octanol–water partition coefficient (Wildman–Crippen LogP) is 2.23. The molecule has 3 nitrogen and oxygen atoms in total.